The molecule has 0 spiro atoms. The van der Waals surface area contributed by atoms with Crippen molar-refractivity contribution in [3.63, 3.8) is 0 Å². The van der Waals surface area contributed by atoms with Crippen LogP contribution in [0.2, 0.25) is 0 Å². The molecule has 0 saturated heterocycles. The van der Waals surface area contributed by atoms with Gasteiger partial charge in [-0.25, -0.2) is 9.97 Å². The largest absolute Gasteiger partial charge is 0.338 e. The summed E-state index contributed by atoms with van der Waals surface area (Å²) in [4.78, 5) is 11.3. The summed E-state index contributed by atoms with van der Waals surface area (Å²) in [5.74, 6) is 1.43. The van der Waals surface area contributed by atoms with Gasteiger partial charge in [0.15, 0.2) is 0 Å². The van der Waals surface area contributed by atoms with Crippen LogP contribution in [0.25, 0.3) is 0 Å². The minimum absolute atomic E-state index is 0.111. The summed E-state index contributed by atoms with van der Waals surface area (Å²) in [6.45, 7) is 17.1. The normalized spacial score (nSPS) is 12.2. The zero-order valence-corrected chi connectivity index (χ0v) is 14.1. The Bertz CT molecular complexity index is 390. The van der Waals surface area contributed by atoms with Crippen molar-refractivity contribution in [2.45, 2.75) is 66.6 Å². The summed E-state index contributed by atoms with van der Waals surface area (Å²) in [5.41, 5.74) is 1.23. The number of nitrogens with one attached hydrogen (secondary N) is 1. The minimum atomic E-state index is 0.111. The lowest BCUT2D eigenvalue weighted by atomic mass is 10.1. The highest BCUT2D eigenvalue weighted by Crippen LogP contribution is 2.13. The molecule has 114 valence electrons. The molecule has 0 radical (unpaired) electrons. The molecule has 1 aromatic heterocycles. The molecule has 4 nitrogen and oxygen atoms in total. The van der Waals surface area contributed by atoms with Crippen LogP contribution in [0.1, 0.15) is 54.0 Å². The summed E-state index contributed by atoms with van der Waals surface area (Å²) in [6, 6.07) is 0.413. The van der Waals surface area contributed by atoms with E-state index < -0.39 is 0 Å². The van der Waals surface area contributed by atoms with Crippen molar-refractivity contribution >= 4 is 5.95 Å². The maximum Gasteiger partial charge on any atom is 0.225 e. The fourth-order valence-corrected chi connectivity index (χ4v) is 1.87. The van der Waals surface area contributed by atoms with E-state index in [1.165, 1.54) is 0 Å². The highest BCUT2D eigenvalue weighted by Gasteiger charge is 2.15. The van der Waals surface area contributed by atoms with E-state index >= 15 is 0 Å². The van der Waals surface area contributed by atoms with E-state index in [9.17, 15) is 0 Å². The van der Waals surface area contributed by atoms with Crippen molar-refractivity contribution in [2.75, 3.05) is 11.4 Å². The molecule has 1 N–H and O–H groups in total. The van der Waals surface area contributed by atoms with E-state index in [1.807, 2.05) is 12.4 Å². The summed E-state index contributed by atoms with van der Waals surface area (Å²) in [6.07, 6.45) is 3.85. The van der Waals surface area contributed by atoms with Crippen molar-refractivity contribution in [2.24, 2.45) is 5.92 Å². The lowest BCUT2D eigenvalue weighted by molar-refractivity contribution is 0.423. The number of rotatable bonds is 6. The van der Waals surface area contributed by atoms with Crippen molar-refractivity contribution < 1.29 is 0 Å². The average molecular weight is 278 g/mol. The molecule has 0 unspecified atom stereocenters. The Labute approximate surface area is 124 Å². The van der Waals surface area contributed by atoms with Crippen molar-refractivity contribution in [1.29, 1.82) is 0 Å². The number of hydrogen-bond acceptors (Lipinski definition) is 4. The topological polar surface area (TPSA) is 41.1 Å². The highest BCUT2D eigenvalue weighted by molar-refractivity contribution is 5.31. The molecule has 0 atom stereocenters. The molecular weight excluding hydrogens is 248 g/mol. The van der Waals surface area contributed by atoms with Crippen LogP contribution in [0.4, 0.5) is 5.95 Å². The fourth-order valence-electron chi connectivity index (χ4n) is 1.87. The third kappa shape index (κ3) is 5.87. The van der Waals surface area contributed by atoms with Crippen LogP contribution in [0.15, 0.2) is 12.4 Å². The van der Waals surface area contributed by atoms with Gasteiger partial charge >= 0.3 is 0 Å². The summed E-state index contributed by atoms with van der Waals surface area (Å²) in [5, 5.41) is 3.45. The van der Waals surface area contributed by atoms with E-state index in [2.05, 4.69) is 68.7 Å². The molecule has 0 saturated carbocycles. The summed E-state index contributed by atoms with van der Waals surface area (Å²) >= 11 is 0. The standard InChI is InChI=1S/C16H30N4/c1-12(2)11-20(13(3)4)15-17-8-14(9-18-15)10-19-16(5,6)7/h8-9,12-13,19H,10-11H2,1-7H3. The van der Waals surface area contributed by atoms with Gasteiger partial charge in [-0.2, -0.15) is 0 Å². The quantitative estimate of drug-likeness (QED) is 0.867. The first-order chi connectivity index (χ1) is 9.19. The van der Waals surface area contributed by atoms with Crippen LogP contribution in [-0.4, -0.2) is 28.1 Å². The fraction of sp³-hybridized carbons (Fsp3) is 0.750. The van der Waals surface area contributed by atoms with Gasteiger partial charge < -0.3 is 10.2 Å². The Morgan fingerprint density at radius 2 is 1.65 bits per heavy atom. The van der Waals surface area contributed by atoms with Crippen LogP contribution in [0.5, 0.6) is 0 Å². The number of hydrogen-bond donors (Lipinski definition) is 1. The Hall–Kier alpha value is -1.16. The number of nitrogens with zero attached hydrogens (tertiary/aromatic N) is 3. The monoisotopic (exact) mass is 278 g/mol. The Balaban J connectivity index is 2.73. The van der Waals surface area contributed by atoms with Gasteiger partial charge in [-0.3, -0.25) is 0 Å². The zero-order chi connectivity index (χ0) is 15.3. The molecular formula is C16H30N4. The van der Waals surface area contributed by atoms with E-state index in [1.54, 1.807) is 0 Å². The summed E-state index contributed by atoms with van der Waals surface area (Å²) < 4.78 is 0. The smallest absolute Gasteiger partial charge is 0.225 e. The van der Waals surface area contributed by atoms with Gasteiger partial charge in [-0.1, -0.05) is 13.8 Å². The molecule has 1 heterocycles. The van der Waals surface area contributed by atoms with Crippen LogP contribution in [0, 0.1) is 5.92 Å². The number of aromatic nitrogens is 2. The van der Waals surface area contributed by atoms with E-state index in [4.69, 9.17) is 0 Å². The van der Waals surface area contributed by atoms with Crippen molar-refractivity contribution in [1.82, 2.24) is 15.3 Å². The van der Waals surface area contributed by atoms with E-state index in [0.29, 0.717) is 12.0 Å². The maximum absolute atomic E-state index is 4.53. The molecule has 0 fully saturated rings. The molecule has 4 heteroatoms. The molecule has 0 aliphatic rings. The second-order valence-electron chi connectivity index (χ2n) is 7.13. The van der Waals surface area contributed by atoms with Crippen molar-refractivity contribution in [3.05, 3.63) is 18.0 Å². The van der Waals surface area contributed by atoms with Gasteiger partial charge in [-0.05, 0) is 40.5 Å². The predicted molar refractivity (Wildman–Crippen MR) is 85.9 cm³/mol. The summed E-state index contributed by atoms with van der Waals surface area (Å²) in [7, 11) is 0. The lowest BCUT2D eigenvalue weighted by Gasteiger charge is -2.28. The van der Waals surface area contributed by atoms with Gasteiger partial charge in [-0.15, -0.1) is 0 Å². The molecule has 20 heavy (non-hydrogen) atoms. The molecule has 0 aliphatic carbocycles. The predicted octanol–water partition coefficient (Wildman–Crippen LogP) is 3.24. The molecule has 0 amide bonds. The second kappa shape index (κ2) is 7.02. The van der Waals surface area contributed by atoms with Gasteiger partial charge in [0.05, 0.1) is 0 Å². The van der Waals surface area contributed by atoms with Crippen LogP contribution in [0.3, 0.4) is 0 Å². The average Bonchev–Trinajstić information content (AvgIpc) is 2.33. The van der Waals surface area contributed by atoms with Crippen LogP contribution < -0.4 is 10.2 Å². The minimum Gasteiger partial charge on any atom is -0.338 e. The first kappa shape index (κ1) is 16.9. The second-order valence-corrected chi connectivity index (χ2v) is 7.13. The SMILES string of the molecule is CC(C)CN(c1ncc(CNC(C)(C)C)cn1)C(C)C. The molecule has 0 aromatic carbocycles. The van der Waals surface area contributed by atoms with Gasteiger partial charge in [0.1, 0.15) is 0 Å². The molecule has 0 bridgehead atoms. The van der Waals surface area contributed by atoms with Gasteiger partial charge in [0.2, 0.25) is 5.95 Å². The lowest BCUT2D eigenvalue weighted by Crippen LogP contribution is -2.36. The maximum atomic E-state index is 4.53. The Kier molecular flexibility index (Phi) is 5.93. The zero-order valence-electron chi connectivity index (χ0n) is 14.1. The van der Waals surface area contributed by atoms with Crippen LogP contribution in [-0.2, 0) is 6.54 Å². The van der Waals surface area contributed by atoms with E-state index in [0.717, 1.165) is 24.6 Å². The third-order valence-electron chi connectivity index (χ3n) is 2.96. The highest BCUT2D eigenvalue weighted by atomic mass is 15.3. The van der Waals surface area contributed by atoms with Gasteiger partial charge in [0, 0.05) is 42.6 Å². The molecule has 1 aromatic rings. The Morgan fingerprint density at radius 1 is 1.10 bits per heavy atom. The molecule has 0 aliphatic heterocycles. The Morgan fingerprint density at radius 3 is 2.05 bits per heavy atom. The number of anilines is 1. The first-order valence-corrected chi connectivity index (χ1v) is 7.51. The van der Waals surface area contributed by atoms with Gasteiger partial charge in [0.25, 0.3) is 0 Å². The van der Waals surface area contributed by atoms with Crippen molar-refractivity contribution in [3.8, 4) is 0 Å². The first-order valence-electron chi connectivity index (χ1n) is 7.51. The van der Waals surface area contributed by atoms with Crippen LogP contribution >= 0.6 is 0 Å². The molecule has 1 rings (SSSR count). The third-order valence-corrected chi connectivity index (χ3v) is 2.96. The van der Waals surface area contributed by atoms with E-state index in [-0.39, 0.29) is 5.54 Å².